The largest absolute Gasteiger partial charge is 0.327 e. The number of aromatic nitrogens is 2. The minimum atomic E-state index is 0.890. The lowest BCUT2D eigenvalue weighted by Crippen LogP contribution is -2.16. The maximum Gasteiger partial charge on any atom is 0.106 e. The summed E-state index contributed by atoms with van der Waals surface area (Å²) in [5, 5.41) is 7.65. The molecule has 0 aliphatic rings. The number of hydrogen-bond donors (Lipinski definition) is 1. The molecule has 2 aromatic heterocycles. The summed E-state index contributed by atoms with van der Waals surface area (Å²) < 4.78 is 2.27. The predicted molar refractivity (Wildman–Crippen MR) is 67.8 cm³/mol. The molecule has 3 nitrogen and oxygen atoms in total. The summed E-state index contributed by atoms with van der Waals surface area (Å²) in [7, 11) is 0. The number of aryl methyl sites for hydroxylation is 1. The highest BCUT2D eigenvalue weighted by molar-refractivity contribution is 7.07. The Hall–Kier alpha value is -1.13. The first-order valence-electron chi connectivity index (χ1n) is 5.54. The van der Waals surface area contributed by atoms with Crippen LogP contribution in [0.5, 0.6) is 0 Å². The Labute approximate surface area is 100 Å². The highest BCUT2D eigenvalue weighted by Crippen LogP contribution is 2.12. The lowest BCUT2D eigenvalue weighted by molar-refractivity contribution is 0.647. The lowest BCUT2D eigenvalue weighted by atomic mass is 10.3. The number of thiophene rings is 1. The van der Waals surface area contributed by atoms with Gasteiger partial charge in [0.25, 0.3) is 0 Å². The van der Waals surface area contributed by atoms with Crippen LogP contribution in [0.3, 0.4) is 0 Å². The molecule has 2 aromatic rings. The molecule has 4 heteroatoms. The maximum absolute atomic E-state index is 4.38. The summed E-state index contributed by atoms with van der Waals surface area (Å²) in [5.74, 6) is 1.08. The molecule has 0 saturated heterocycles. The molecule has 2 heterocycles. The molecule has 0 aliphatic carbocycles. The second kappa shape index (κ2) is 5.27. The molecule has 0 amide bonds. The van der Waals surface area contributed by atoms with Gasteiger partial charge in [-0.15, -0.1) is 0 Å². The molecule has 0 radical (unpaired) electrons. The van der Waals surface area contributed by atoms with Gasteiger partial charge in [-0.1, -0.05) is 6.92 Å². The van der Waals surface area contributed by atoms with Crippen molar-refractivity contribution in [2.24, 2.45) is 0 Å². The minimum absolute atomic E-state index is 0.890. The van der Waals surface area contributed by atoms with Crippen molar-refractivity contribution in [2.75, 3.05) is 6.54 Å². The van der Waals surface area contributed by atoms with Crippen molar-refractivity contribution in [3.63, 3.8) is 0 Å². The van der Waals surface area contributed by atoms with Gasteiger partial charge < -0.3 is 9.88 Å². The highest BCUT2D eigenvalue weighted by Gasteiger charge is 2.06. The van der Waals surface area contributed by atoms with Crippen LogP contribution < -0.4 is 5.32 Å². The van der Waals surface area contributed by atoms with E-state index in [4.69, 9.17) is 0 Å². The van der Waals surface area contributed by atoms with Gasteiger partial charge in [-0.25, -0.2) is 4.98 Å². The minimum Gasteiger partial charge on any atom is -0.327 e. The summed E-state index contributed by atoms with van der Waals surface area (Å²) in [6.07, 6.45) is 1.96. The van der Waals surface area contributed by atoms with Crippen LogP contribution in [-0.2, 0) is 13.1 Å². The van der Waals surface area contributed by atoms with Gasteiger partial charge in [0.05, 0.1) is 5.69 Å². The number of hydrogen-bond acceptors (Lipinski definition) is 3. The van der Waals surface area contributed by atoms with Gasteiger partial charge in [0, 0.05) is 19.3 Å². The first kappa shape index (κ1) is 11.4. The third-order valence-corrected chi connectivity index (χ3v) is 3.35. The van der Waals surface area contributed by atoms with Crippen LogP contribution in [0.25, 0.3) is 0 Å². The van der Waals surface area contributed by atoms with Gasteiger partial charge in [0.15, 0.2) is 0 Å². The van der Waals surface area contributed by atoms with E-state index in [1.165, 1.54) is 11.3 Å². The molecular formula is C12H17N3S. The summed E-state index contributed by atoms with van der Waals surface area (Å²) in [6.45, 7) is 6.98. The van der Waals surface area contributed by atoms with Gasteiger partial charge in [-0.2, -0.15) is 11.3 Å². The van der Waals surface area contributed by atoms with Crippen LogP contribution in [0.4, 0.5) is 0 Å². The molecule has 0 unspecified atom stereocenters. The summed E-state index contributed by atoms with van der Waals surface area (Å²) in [6, 6.07) is 2.17. The Balaban J connectivity index is 2.15. The van der Waals surface area contributed by atoms with E-state index in [9.17, 15) is 0 Å². The fraction of sp³-hybridized carbons (Fsp3) is 0.417. The molecule has 86 valence electrons. The molecule has 0 aliphatic heterocycles. The zero-order valence-electron chi connectivity index (χ0n) is 9.73. The average Bonchev–Trinajstić information content (AvgIpc) is 2.89. The lowest BCUT2D eigenvalue weighted by Gasteiger charge is -2.09. The molecule has 0 atom stereocenters. The van der Waals surface area contributed by atoms with Gasteiger partial charge >= 0.3 is 0 Å². The first-order valence-corrected chi connectivity index (χ1v) is 6.48. The van der Waals surface area contributed by atoms with Crippen LogP contribution in [0.1, 0.15) is 24.0 Å². The normalized spacial score (nSPS) is 10.9. The van der Waals surface area contributed by atoms with Crippen LogP contribution >= 0.6 is 11.3 Å². The zero-order chi connectivity index (χ0) is 11.4. The van der Waals surface area contributed by atoms with Crippen molar-refractivity contribution < 1.29 is 0 Å². The van der Waals surface area contributed by atoms with Gasteiger partial charge in [-0.3, -0.25) is 0 Å². The summed E-state index contributed by atoms with van der Waals surface area (Å²) >= 11 is 1.74. The van der Waals surface area contributed by atoms with Crippen LogP contribution in [0.15, 0.2) is 23.0 Å². The molecular weight excluding hydrogens is 218 g/mol. The van der Waals surface area contributed by atoms with Crippen LogP contribution in [0, 0.1) is 6.92 Å². The fourth-order valence-corrected chi connectivity index (χ4v) is 2.35. The van der Waals surface area contributed by atoms with Crippen molar-refractivity contribution in [2.45, 2.75) is 26.9 Å². The quantitative estimate of drug-likeness (QED) is 0.862. The molecule has 16 heavy (non-hydrogen) atoms. The van der Waals surface area contributed by atoms with Crippen molar-refractivity contribution in [1.82, 2.24) is 14.9 Å². The molecule has 0 bridgehead atoms. The third-order valence-electron chi connectivity index (χ3n) is 2.61. The van der Waals surface area contributed by atoms with Crippen molar-refractivity contribution >= 4 is 11.3 Å². The Morgan fingerprint density at radius 1 is 1.50 bits per heavy atom. The fourth-order valence-electron chi connectivity index (χ4n) is 1.69. The molecule has 0 saturated carbocycles. The number of nitrogens with zero attached hydrogens (tertiary/aromatic N) is 2. The van der Waals surface area contributed by atoms with E-state index in [0.717, 1.165) is 25.5 Å². The molecule has 2 rings (SSSR count). The maximum atomic E-state index is 4.38. The van der Waals surface area contributed by atoms with E-state index >= 15 is 0 Å². The smallest absolute Gasteiger partial charge is 0.106 e. The number of rotatable bonds is 5. The van der Waals surface area contributed by atoms with Crippen LogP contribution in [0.2, 0.25) is 0 Å². The second-order valence-electron chi connectivity index (χ2n) is 3.79. The van der Waals surface area contributed by atoms with Gasteiger partial charge in [0.1, 0.15) is 5.82 Å². The Morgan fingerprint density at radius 2 is 2.38 bits per heavy atom. The molecule has 0 fully saturated rings. The van der Waals surface area contributed by atoms with E-state index in [0.29, 0.717) is 0 Å². The van der Waals surface area contributed by atoms with Crippen LogP contribution in [-0.4, -0.2) is 16.1 Å². The Morgan fingerprint density at radius 3 is 3.06 bits per heavy atom. The van der Waals surface area contributed by atoms with Crippen molar-refractivity contribution in [1.29, 1.82) is 0 Å². The van der Waals surface area contributed by atoms with E-state index < -0.39 is 0 Å². The highest BCUT2D eigenvalue weighted by atomic mass is 32.1. The third kappa shape index (κ3) is 2.51. The number of imidazole rings is 1. The van der Waals surface area contributed by atoms with Crippen molar-refractivity contribution in [3.05, 3.63) is 40.1 Å². The number of nitrogens with one attached hydrogen (secondary N) is 1. The van der Waals surface area contributed by atoms with E-state index in [1.54, 1.807) is 11.3 Å². The topological polar surface area (TPSA) is 29.9 Å². The van der Waals surface area contributed by atoms with E-state index in [-0.39, 0.29) is 0 Å². The summed E-state index contributed by atoms with van der Waals surface area (Å²) in [4.78, 5) is 4.38. The molecule has 0 aromatic carbocycles. The Bertz CT molecular complexity index is 431. The van der Waals surface area contributed by atoms with Crippen molar-refractivity contribution in [3.8, 4) is 0 Å². The van der Waals surface area contributed by atoms with E-state index in [2.05, 4.69) is 45.5 Å². The summed E-state index contributed by atoms with van der Waals surface area (Å²) in [5.41, 5.74) is 2.61. The second-order valence-corrected chi connectivity index (χ2v) is 4.57. The predicted octanol–water partition coefficient (Wildman–Crippen LogP) is 2.41. The zero-order valence-corrected chi connectivity index (χ0v) is 10.5. The van der Waals surface area contributed by atoms with Gasteiger partial charge in [0.2, 0.25) is 0 Å². The molecule has 0 spiro atoms. The first-order chi connectivity index (χ1) is 7.81. The Kier molecular flexibility index (Phi) is 3.74. The standard InChI is InChI=1S/C12H17N3S/c1-3-13-6-12-7-14-10(2)15(12)8-11-4-5-16-9-11/h4-5,7,9,13H,3,6,8H2,1-2H3. The van der Waals surface area contributed by atoms with E-state index in [1.807, 2.05) is 6.20 Å². The monoisotopic (exact) mass is 235 g/mol. The average molecular weight is 235 g/mol. The molecule has 1 N–H and O–H groups in total. The SMILES string of the molecule is CCNCc1cnc(C)n1Cc1ccsc1. The van der Waals surface area contributed by atoms with Gasteiger partial charge in [-0.05, 0) is 35.9 Å².